The minimum absolute atomic E-state index is 0.0556. The van der Waals surface area contributed by atoms with E-state index in [1.807, 2.05) is 6.07 Å². The van der Waals surface area contributed by atoms with Crippen molar-refractivity contribution in [3.05, 3.63) is 52.7 Å². The number of benzene rings is 1. The molecule has 1 amide bonds. The lowest BCUT2D eigenvalue weighted by Crippen LogP contribution is -2.40. The van der Waals surface area contributed by atoms with E-state index >= 15 is 0 Å². The van der Waals surface area contributed by atoms with Crippen LogP contribution < -0.4 is 5.32 Å². The van der Waals surface area contributed by atoms with Crippen LogP contribution >= 0.6 is 15.9 Å². The van der Waals surface area contributed by atoms with Crippen molar-refractivity contribution in [3.63, 3.8) is 0 Å². The molecule has 0 unspecified atom stereocenters. The van der Waals surface area contributed by atoms with Crippen LogP contribution in [0.25, 0.3) is 0 Å². The fourth-order valence-electron chi connectivity index (χ4n) is 2.15. The molecule has 2 aliphatic rings. The number of nitrogens with one attached hydrogen (secondary N) is 1. The standard InChI is InChI=1S/C14H12BrN3O3S/c15-11-5-1-2-6-12(11)16-14(19)10-4-3-7-18-8-9-22(20,21)17-13(10)18/h1-7H,8-9H2,(H,16,19). The van der Waals surface area contributed by atoms with E-state index in [1.54, 1.807) is 41.5 Å². The SMILES string of the molecule is O=C(Nc1ccccc1Br)C1=CC=CN2CCS(=O)(=O)N=C12. The Labute approximate surface area is 136 Å². The Morgan fingerprint density at radius 3 is 2.86 bits per heavy atom. The number of allylic oxidation sites excluding steroid dienone is 2. The molecule has 0 aromatic heterocycles. The third-order valence-electron chi connectivity index (χ3n) is 3.22. The number of hydrogen-bond donors (Lipinski definition) is 1. The van der Waals surface area contributed by atoms with E-state index in [9.17, 15) is 13.2 Å². The Morgan fingerprint density at radius 2 is 2.09 bits per heavy atom. The van der Waals surface area contributed by atoms with Crippen LogP contribution in [0.2, 0.25) is 0 Å². The van der Waals surface area contributed by atoms with Crippen molar-refractivity contribution < 1.29 is 13.2 Å². The number of carbonyl (C=O) groups excluding carboxylic acids is 1. The van der Waals surface area contributed by atoms with Gasteiger partial charge in [0.25, 0.3) is 15.9 Å². The summed E-state index contributed by atoms with van der Waals surface area (Å²) < 4.78 is 27.8. The van der Waals surface area contributed by atoms with Crippen LogP contribution in [-0.4, -0.2) is 37.4 Å². The predicted octanol–water partition coefficient (Wildman–Crippen LogP) is 1.89. The zero-order valence-electron chi connectivity index (χ0n) is 11.4. The highest BCUT2D eigenvalue weighted by Crippen LogP contribution is 2.23. The molecule has 3 rings (SSSR count). The summed E-state index contributed by atoms with van der Waals surface area (Å²) in [6, 6.07) is 7.18. The van der Waals surface area contributed by atoms with E-state index in [0.29, 0.717) is 5.69 Å². The van der Waals surface area contributed by atoms with Gasteiger partial charge >= 0.3 is 0 Å². The predicted molar refractivity (Wildman–Crippen MR) is 87.9 cm³/mol. The molecule has 0 fully saturated rings. The molecule has 6 nitrogen and oxygen atoms in total. The zero-order valence-corrected chi connectivity index (χ0v) is 13.8. The average molecular weight is 382 g/mol. The van der Waals surface area contributed by atoms with Gasteiger partial charge in [-0.3, -0.25) is 4.79 Å². The van der Waals surface area contributed by atoms with Gasteiger partial charge in [0.1, 0.15) is 0 Å². The minimum Gasteiger partial charge on any atom is -0.331 e. The van der Waals surface area contributed by atoms with Crippen LogP contribution in [0.5, 0.6) is 0 Å². The maximum atomic E-state index is 12.4. The highest BCUT2D eigenvalue weighted by molar-refractivity contribution is 9.10. The maximum Gasteiger partial charge on any atom is 0.259 e. The Kier molecular flexibility index (Phi) is 3.88. The van der Waals surface area contributed by atoms with Gasteiger partial charge in [-0.25, -0.2) is 8.42 Å². The number of carbonyl (C=O) groups is 1. The Morgan fingerprint density at radius 1 is 1.32 bits per heavy atom. The van der Waals surface area contributed by atoms with Crippen molar-refractivity contribution in [2.45, 2.75) is 0 Å². The van der Waals surface area contributed by atoms with E-state index in [2.05, 4.69) is 25.6 Å². The van der Waals surface area contributed by atoms with E-state index in [4.69, 9.17) is 0 Å². The van der Waals surface area contributed by atoms with Gasteiger partial charge in [0.2, 0.25) is 0 Å². The van der Waals surface area contributed by atoms with Crippen LogP contribution in [0.1, 0.15) is 0 Å². The first-order chi connectivity index (χ1) is 10.5. The topological polar surface area (TPSA) is 78.8 Å². The van der Waals surface area contributed by atoms with Crippen LogP contribution in [0, 0.1) is 0 Å². The number of amidine groups is 1. The molecule has 2 aliphatic heterocycles. The van der Waals surface area contributed by atoms with Gasteiger partial charge in [-0.1, -0.05) is 12.1 Å². The van der Waals surface area contributed by atoms with Crippen LogP contribution in [-0.2, 0) is 14.8 Å². The molecule has 0 aliphatic carbocycles. The lowest BCUT2D eigenvalue weighted by molar-refractivity contribution is -0.112. The van der Waals surface area contributed by atoms with Crippen molar-refractivity contribution in [1.29, 1.82) is 0 Å². The van der Waals surface area contributed by atoms with Gasteiger partial charge < -0.3 is 10.2 Å². The molecule has 0 radical (unpaired) electrons. The number of rotatable bonds is 2. The monoisotopic (exact) mass is 381 g/mol. The summed E-state index contributed by atoms with van der Waals surface area (Å²) in [5.74, 6) is -0.296. The largest absolute Gasteiger partial charge is 0.331 e. The van der Waals surface area contributed by atoms with Crippen molar-refractivity contribution in [2.75, 3.05) is 17.6 Å². The smallest absolute Gasteiger partial charge is 0.259 e. The molecule has 22 heavy (non-hydrogen) atoms. The number of anilines is 1. The van der Waals surface area contributed by atoms with Crippen molar-refractivity contribution in [3.8, 4) is 0 Å². The van der Waals surface area contributed by atoms with Gasteiger partial charge in [0, 0.05) is 17.2 Å². The summed E-state index contributed by atoms with van der Waals surface area (Å²) in [6.07, 6.45) is 4.97. The molecular formula is C14H12BrN3O3S. The minimum atomic E-state index is -3.52. The van der Waals surface area contributed by atoms with Crippen LogP contribution in [0.15, 0.2) is 57.1 Å². The van der Waals surface area contributed by atoms with Gasteiger partial charge in [-0.2, -0.15) is 0 Å². The highest BCUT2D eigenvalue weighted by atomic mass is 79.9. The van der Waals surface area contributed by atoms with E-state index in [0.717, 1.165) is 4.47 Å². The molecule has 0 bridgehead atoms. The van der Waals surface area contributed by atoms with Gasteiger partial charge in [-0.05, 0) is 40.2 Å². The average Bonchev–Trinajstić information content (AvgIpc) is 2.48. The molecule has 2 heterocycles. The van der Waals surface area contributed by atoms with Crippen molar-refractivity contribution >= 4 is 43.4 Å². The summed E-state index contributed by atoms with van der Waals surface area (Å²) in [6.45, 7) is 0.289. The maximum absolute atomic E-state index is 12.4. The normalized spacial score (nSPS) is 19.0. The fraction of sp³-hybridized carbons (Fsp3) is 0.143. The number of para-hydroxylation sites is 1. The van der Waals surface area contributed by atoms with E-state index in [-0.39, 0.29) is 23.7 Å². The summed E-state index contributed by atoms with van der Waals surface area (Å²) in [5.41, 5.74) is 0.829. The summed E-state index contributed by atoms with van der Waals surface area (Å²) in [7, 11) is -3.52. The molecular weight excluding hydrogens is 370 g/mol. The fourth-order valence-corrected chi connectivity index (χ4v) is 3.51. The quantitative estimate of drug-likeness (QED) is 0.847. The number of nitrogens with zero attached hydrogens (tertiary/aromatic N) is 2. The highest BCUT2D eigenvalue weighted by Gasteiger charge is 2.30. The second-order valence-corrected chi connectivity index (χ2v) is 7.36. The lowest BCUT2D eigenvalue weighted by atomic mass is 10.1. The second-order valence-electron chi connectivity index (χ2n) is 4.75. The Hall–Kier alpha value is -1.93. The Balaban J connectivity index is 1.92. The summed E-state index contributed by atoms with van der Waals surface area (Å²) in [4.78, 5) is 14.1. The molecule has 0 saturated carbocycles. The second kappa shape index (κ2) is 5.69. The molecule has 1 aromatic rings. The first kappa shape index (κ1) is 15.0. The Bertz CT molecular complexity index is 827. The first-order valence-corrected chi connectivity index (χ1v) is 8.90. The number of fused-ring (bicyclic) bond motifs is 1. The molecule has 8 heteroatoms. The third-order valence-corrected chi connectivity index (χ3v) is 5.07. The molecule has 0 atom stereocenters. The molecule has 1 N–H and O–H groups in total. The van der Waals surface area contributed by atoms with Crippen molar-refractivity contribution in [2.24, 2.45) is 4.40 Å². The molecule has 0 spiro atoms. The number of halogens is 1. The summed E-state index contributed by atoms with van der Waals surface area (Å²) in [5, 5.41) is 2.75. The van der Waals surface area contributed by atoms with Gasteiger partial charge in [0.05, 0.1) is 17.0 Å². The van der Waals surface area contributed by atoms with Crippen molar-refractivity contribution in [1.82, 2.24) is 4.90 Å². The van der Waals surface area contributed by atoms with Gasteiger partial charge in [0.15, 0.2) is 5.84 Å². The lowest BCUT2D eigenvalue weighted by Gasteiger charge is -2.28. The van der Waals surface area contributed by atoms with E-state index < -0.39 is 15.9 Å². The van der Waals surface area contributed by atoms with Gasteiger partial charge in [-0.15, -0.1) is 4.40 Å². The number of sulfonamides is 1. The van der Waals surface area contributed by atoms with E-state index in [1.165, 1.54) is 0 Å². The molecule has 114 valence electrons. The zero-order chi connectivity index (χ0) is 15.7. The van der Waals surface area contributed by atoms with Crippen LogP contribution in [0.4, 0.5) is 5.69 Å². The molecule has 1 aromatic carbocycles. The molecule has 0 saturated heterocycles. The first-order valence-electron chi connectivity index (χ1n) is 6.50. The number of amides is 1. The third kappa shape index (κ3) is 2.97. The number of hydrogen-bond acceptors (Lipinski definition) is 4. The summed E-state index contributed by atoms with van der Waals surface area (Å²) >= 11 is 3.35. The van der Waals surface area contributed by atoms with Crippen LogP contribution in [0.3, 0.4) is 0 Å².